The second-order valence-electron chi connectivity index (χ2n) is 7.72. The molecule has 1 fully saturated rings. The van der Waals surface area contributed by atoms with Gasteiger partial charge >= 0.3 is 5.97 Å². The van der Waals surface area contributed by atoms with Crippen molar-refractivity contribution in [2.24, 2.45) is 11.7 Å². The van der Waals surface area contributed by atoms with Gasteiger partial charge in [-0.1, -0.05) is 0 Å². The van der Waals surface area contributed by atoms with Crippen LogP contribution in [0.4, 0.5) is 10.2 Å². The first-order chi connectivity index (χ1) is 12.1. The molecular formula is C18H23FN4O3. The van der Waals surface area contributed by atoms with E-state index in [0.29, 0.717) is 19.6 Å². The molecule has 0 amide bonds. The van der Waals surface area contributed by atoms with Crippen molar-refractivity contribution in [2.75, 3.05) is 24.5 Å². The van der Waals surface area contributed by atoms with Gasteiger partial charge in [0.25, 0.3) is 0 Å². The topological polar surface area (TPSA) is 101 Å². The summed E-state index contributed by atoms with van der Waals surface area (Å²) in [4.78, 5) is 30.2. The van der Waals surface area contributed by atoms with Crippen LogP contribution in [0.5, 0.6) is 0 Å². The number of aromatic nitrogens is 2. The molecule has 2 aromatic heterocycles. The first kappa shape index (κ1) is 18.3. The van der Waals surface area contributed by atoms with E-state index in [1.807, 2.05) is 25.7 Å². The van der Waals surface area contributed by atoms with Gasteiger partial charge in [0.1, 0.15) is 11.2 Å². The van der Waals surface area contributed by atoms with Crippen LogP contribution in [-0.2, 0) is 5.54 Å². The van der Waals surface area contributed by atoms with Gasteiger partial charge in [0, 0.05) is 24.8 Å². The third kappa shape index (κ3) is 3.05. The molecule has 7 nitrogen and oxygen atoms in total. The number of carbonyl (C=O) groups is 1. The standard InChI is InChI=1S/C18H23FN4O3/c1-18(2,3)23-9-12(17(25)26)14(24)11-6-13(19)16(21-15(11)23)22-5-4-10(7-20)8-22/h6,9-10H,4-5,7-8,20H2,1-3H3,(H,25,26). The molecule has 3 N–H and O–H groups in total. The van der Waals surface area contributed by atoms with Crippen molar-refractivity contribution in [3.05, 3.63) is 33.9 Å². The zero-order chi connectivity index (χ0) is 19.2. The first-order valence-corrected chi connectivity index (χ1v) is 8.58. The van der Waals surface area contributed by atoms with Gasteiger partial charge in [-0.3, -0.25) is 4.79 Å². The molecule has 0 spiro atoms. The highest BCUT2D eigenvalue weighted by atomic mass is 19.1. The number of rotatable bonds is 3. The Hall–Kier alpha value is -2.48. The fraction of sp³-hybridized carbons (Fsp3) is 0.500. The highest BCUT2D eigenvalue weighted by Crippen LogP contribution is 2.28. The van der Waals surface area contributed by atoms with E-state index < -0.39 is 28.3 Å². The Kier molecular flexibility index (Phi) is 4.47. The number of pyridine rings is 2. The number of fused-ring (bicyclic) bond motifs is 1. The molecule has 1 unspecified atom stereocenters. The normalized spacial score (nSPS) is 17.9. The van der Waals surface area contributed by atoms with E-state index in [1.165, 1.54) is 6.20 Å². The Morgan fingerprint density at radius 2 is 2.15 bits per heavy atom. The molecule has 1 aliphatic heterocycles. The van der Waals surface area contributed by atoms with Crippen LogP contribution in [0, 0.1) is 11.7 Å². The molecule has 8 heteroatoms. The van der Waals surface area contributed by atoms with E-state index in [9.17, 15) is 19.1 Å². The Balaban J connectivity index is 2.27. The number of aromatic carboxylic acids is 1. The molecule has 0 aromatic carbocycles. The SMILES string of the molecule is CC(C)(C)n1cc(C(=O)O)c(=O)c2cc(F)c(N3CCC(CN)C3)nc21. The lowest BCUT2D eigenvalue weighted by atomic mass is 10.1. The smallest absolute Gasteiger partial charge is 0.341 e. The van der Waals surface area contributed by atoms with Crippen LogP contribution in [0.3, 0.4) is 0 Å². The Morgan fingerprint density at radius 1 is 1.46 bits per heavy atom. The minimum Gasteiger partial charge on any atom is -0.477 e. The summed E-state index contributed by atoms with van der Waals surface area (Å²) < 4.78 is 16.3. The van der Waals surface area contributed by atoms with Gasteiger partial charge in [-0.15, -0.1) is 0 Å². The van der Waals surface area contributed by atoms with Gasteiger partial charge in [-0.25, -0.2) is 14.2 Å². The van der Waals surface area contributed by atoms with Crippen molar-refractivity contribution < 1.29 is 14.3 Å². The maximum absolute atomic E-state index is 14.7. The molecule has 1 atom stereocenters. The molecule has 0 saturated carbocycles. The lowest BCUT2D eigenvalue weighted by Gasteiger charge is -2.26. The summed E-state index contributed by atoms with van der Waals surface area (Å²) in [6.07, 6.45) is 2.15. The third-order valence-corrected chi connectivity index (χ3v) is 4.78. The number of anilines is 1. The van der Waals surface area contributed by atoms with Crippen molar-refractivity contribution in [3.63, 3.8) is 0 Å². The van der Waals surface area contributed by atoms with Crippen molar-refractivity contribution in [1.29, 1.82) is 0 Å². The molecule has 1 aliphatic rings. The third-order valence-electron chi connectivity index (χ3n) is 4.78. The van der Waals surface area contributed by atoms with Gasteiger partial charge in [0.05, 0.1) is 5.39 Å². The van der Waals surface area contributed by atoms with Gasteiger partial charge in [0.15, 0.2) is 11.6 Å². The van der Waals surface area contributed by atoms with E-state index in [4.69, 9.17) is 5.73 Å². The molecular weight excluding hydrogens is 339 g/mol. The molecule has 140 valence electrons. The molecule has 0 bridgehead atoms. The summed E-state index contributed by atoms with van der Waals surface area (Å²) in [6.45, 7) is 7.39. The van der Waals surface area contributed by atoms with Crippen LogP contribution >= 0.6 is 0 Å². The first-order valence-electron chi connectivity index (χ1n) is 8.58. The average molecular weight is 362 g/mol. The number of halogens is 1. The Bertz CT molecular complexity index is 933. The molecule has 2 aromatic rings. The summed E-state index contributed by atoms with van der Waals surface area (Å²) in [5.74, 6) is -1.51. The Labute approximate surface area is 150 Å². The zero-order valence-electron chi connectivity index (χ0n) is 15.1. The molecule has 1 saturated heterocycles. The van der Waals surface area contributed by atoms with E-state index in [0.717, 1.165) is 12.5 Å². The molecule has 0 radical (unpaired) electrons. The van der Waals surface area contributed by atoms with Crippen molar-refractivity contribution in [1.82, 2.24) is 9.55 Å². The van der Waals surface area contributed by atoms with Crippen LogP contribution in [0.25, 0.3) is 11.0 Å². The van der Waals surface area contributed by atoms with E-state index in [-0.39, 0.29) is 22.8 Å². The van der Waals surface area contributed by atoms with Gasteiger partial charge in [0.2, 0.25) is 5.43 Å². The van der Waals surface area contributed by atoms with Crippen molar-refractivity contribution in [2.45, 2.75) is 32.7 Å². The number of nitrogens with zero attached hydrogens (tertiary/aromatic N) is 3. The summed E-state index contributed by atoms with van der Waals surface area (Å²) >= 11 is 0. The molecule has 3 heterocycles. The molecule has 26 heavy (non-hydrogen) atoms. The Morgan fingerprint density at radius 3 is 2.69 bits per heavy atom. The van der Waals surface area contributed by atoms with Crippen LogP contribution in [0.1, 0.15) is 37.6 Å². The minimum absolute atomic E-state index is 0.0318. The lowest BCUT2D eigenvalue weighted by Crippen LogP contribution is -2.30. The highest BCUT2D eigenvalue weighted by Gasteiger charge is 2.28. The van der Waals surface area contributed by atoms with E-state index >= 15 is 0 Å². The zero-order valence-corrected chi connectivity index (χ0v) is 15.1. The van der Waals surface area contributed by atoms with E-state index in [1.54, 1.807) is 4.57 Å². The summed E-state index contributed by atoms with van der Waals surface area (Å²) in [7, 11) is 0. The predicted molar refractivity (Wildman–Crippen MR) is 97.3 cm³/mol. The quantitative estimate of drug-likeness (QED) is 0.863. The number of carboxylic acids is 1. The number of hydrogen-bond donors (Lipinski definition) is 2. The van der Waals surface area contributed by atoms with Crippen LogP contribution in [-0.4, -0.2) is 40.3 Å². The second-order valence-corrected chi connectivity index (χ2v) is 7.72. The van der Waals surface area contributed by atoms with Crippen LogP contribution in [0.2, 0.25) is 0 Å². The van der Waals surface area contributed by atoms with Gasteiger partial charge in [-0.2, -0.15) is 0 Å². The highest BCUT2D eigenvalue weighted by molar-refractivity contribution is 5.92. The summed E-state index contributed by atoms with van der Waals surface area (Å²) in [6, 6.07) is 1.10. The number of carboxylic acid groups (broad SMARTS) is 1. The molecule has 0 aliphatic carbocycles. The maximum atomic E-state index is 14.7. The van der Waals surface area contributed by atoms with Gasteiger partial charge in [-0.05, 0) is 45.7 Å². The molecule has 3 rings (SSSR count). The maximum Gasteiger partial charge on any atom is 0.341 e. The van der Waals surface area contributed by atoms with Crippen molar-refractivity contribution >= 4 is 22.8 Å². The van der Waals surface area contributed by atoms with Crippen LogP contribution < -0.4 is 16.1 Å². The predicted octanol–water partition coefficient (Wildman–Crippen LogP) is 1.77. The van der Waals surface area contributed by atoms with Gasteiger partial charge < -0.3 is 20.3 Å². The summed E-state index contributed by atoms with van der Waals surface area (Å²) in [5, 5.41) is 9.29. The fourth-order valence-electron chi connectivity index (χ4n) is 3.32. The van der Waals surface area contributed by atoms with E-state index in [2.05, 4.69) is 4.98 Å². The largest absolute Gasteiger partial charge is 0.477 e. The minimum atomic E-state index is -1.34. The lowest BCUT2D eigenvalue weighted by molar-refractivity contribution is 0.0694. The monoisotopic (exact) mass is 362 g/mol. The van der Waals surface area contributed by atoms with Crippen molar-refractivity contribution in [3.8, 4) is 0 Å². The number of hydrogen-bond acceptors (Lipinski definition) is 5. The summed E-state index contributed by atoms with van der Waals surface area (Å²) in [5.41, 5.74) is 4.32. The van der Waals surface area contributed by atoms with Crippen LogP contribution in [0.15, 0.2) is 17.1 Å². The number of nitrogens with two attached hydrogens (primary N) is 1. The second kappa shape index (κ2) is 6.35. The fourth-order valence-corrected chi connectivity index (χ4v) is 3.32. The average Bonchev–Trinajstić information content (AvgIpc) is 3.02.